The molecule has 1 aromatic carbocycles. The standard InChI is InChI=1S/C17H19FN4/c1-10-5-13-16(21-10)12(7-19)6-14(18)17(13)22-8-11-3-2-4-20-15(11)9-22/h5-6,11,15,20-21H,2-4,8-9H2,1H3. The molecule has 2 aliphatic heterocycles. The number of benzene rings is 1. The predicted octanol–water partition coefficient (Wildman–Crippen LogP) is 2.68. The maximum absolute atomic E-state index is 14.7. The summed E-state index contributed by atoms with van der Waals surface area (Å²) in [6.45, 7) is 4.73. The van der Waals surface area contributed by atoms with E-state index in [0.29, 0.717) is 23.2 Å². The highest BCUT2D eigenvalue weighted by atomic mass is 19.1. The van der Waals surface area contributed by atoms with Crippen molar-refractivity contribution in [3.05, 3.63) is 29.2 Å². The van der Waals surface area contributed by atoms with Crippen molar-refractivity contribution in [3.63, 3.8) is 0 Å². The lowest BCUT2D eigenvalue weighted by atomic mass is 9.94. The third-order valence-electron chi connectivity index (χ3n) is 5.01. The van der Waals surface area contributed by atoms with Crippen LogP contribution in [0.3, 0.4) is 0 Å². The van der Waals surface area contributed by atoms with E-state index in [0.717, 1.165) is 36.2 Å². The highest BCUT2D eigenvalue weighted by Gasteiger charge is 2.36. The molecule has 2 aliphatic rings. The lowest BCUT2D eigenvalue weighted by Gasteiger charge is -2.24. The largest absolute Gasteiger partial charge is 0.367 e. The van der Waals surface area contributed by atoms with E-state index in [4.69, 9.17) is 0 Å². The van der Waals surface area contributed by atoms with Crippen LogP contribution in [0.4, 0.5) is 10.1 Å². The monoisotopic (exact) mass is 298 g/mol. The van der Waals surface area contributed by atoms with Gasteiger partial charge in [-0.3, -0.25) is 0 Å². The van der Waals surface area contributed by atoms with E-state index in [1.807, 2.05) is 13.0 Å². The lowest BCUT2D eigenvalue weighted by Crippen LogP contribution is -2.40. The number of rotatable bonds is 1. The molecule has 1 aromatic heterocycles. The molecule has 2 unspecified atom stereocenters. The molecule has 0 spiro atoms. The molecular formula is C17H19FN4. The Morgan fingerprint density at radius 3 is 3.00 bits per heavy atom. The zero-order valence-corrected chi connectivity index (χ0v) is 12.6. The molecule has 2 atom stereocenters. The number of nitriles is 1. The lowest BCUT2D eigenvalue weighted by molar-refractivity contribution is 0.340. The smallest absolute Gasteiger partial charge is 0.148 e. The van der Waals surface area contributed by atoms with Crippen molar-refractivity contribution in [3.8, 4) is 6.07 Å². The summed E-state index contributed by atoms with van der Waals surface area (Å²) in [6, 6.07) is 5.86. The van der Waals surface area contributed by atoms with E-state index in [2.05, 4.69) is 21.3 Å². The van der Waals surface area contributed by atoms with Crippen LogP contribution in [-0.4, -0.2) is 30.7 Å². The first kappa shape index (κ1) is 13.6. The van der Waals surface area contributed by atoms with Crippen molar-refractivity contribution in [2.45, 2.75) is 25.8 Å². The minimum atomic E-state index is -0.290. The highest BCUT2D eigenvalue weighted by Crippen LogP contribution is 2.37. The molecule has 2 N–H and O–H groups in total. The number of hydrogen-bond acceptors (Lipinski definition) is 3. The first-order chi connectivity index (χ1) is 10.7. The Hall–Kier alpha value is -2.06. The van der Waals surface area contributed by atoms with E-state index < -0.39 is 0 Å². The fourth-order valence-electron chi connectivity index (χ4n) is 4.02. The van der Waals surface area contributed by atoms with Gasteiger partial charge in [-0.25, -0.2) is 4.39 Å². The van der Waals surface area contributed by atoms with Gasteiger partial charge in [-0.1, -0.05) is 0 Å². The number of halogens is 1. The van der Waals surface area contributed by atoms with Crippen LogP contribution in [0.5, 0.6) is 0 Å². The van der Waals surface area contributed by atoms with Gasteiger partial charge in [-0.05, 0) is 44.4 Å². The van der Waals surface area contributed by atoms with Crippen molar-refractivity contribution in [2.75, 3.05) is 24.5 Å². The van der Waals surface area contributed by atoms with Crippen LogP contribution >= 0.6 is 0 Å². The number of piperidine rings is 1. The van der Waals surface area contributed by atoms with E-state index in [1.54, 1.807) is 0 Å². The van der Waals surface area contributed by atoms with E-state index in [1.165, 1.54) is 18.9 Å². The Morgan fingerprint density at radius 1 is 1.36 bits per heavy atom. The number of anilines is 1. The second-order valence-electron chi connectivity index (χ2n) is 6.48. The Kier molecular flexibility index (Phi) is 3.08. The second kappa shape index (κ2) is 4.99. The molecule has 2 fully saturated rings. The number of aromatic nitrogens is 1. The number of fused-ring (bicyclic) bond motifs is 2. The van der Waals surface area contributed by atoms with Gasteiger partial charge in [0.05, 0.1) is 16.8 Å². The summed E-state index contributed by atoms with van der Waals surface area (Å²) in [5.74, 6) is 0.306. The molecule has 0 bridgehead atoms. The highest BCUT2D eigenvalue weighted by molar-refractivity contribution is 5.97. The van der Waals surface area contributed by atoms with Gasteiger partial charge in [0.15, 0.2) is 0 Å². The SMILES string of the molecule is Cc1cc2c(N3CC4CCCNC4C3)c(F)cc(C#N)c2[nH]1. The van der Waals surface area contributed by atoms with Crippen LogP contribution in [0.1, 0.15) is 24.1 Å². The predicted molar refractivity (Wildman–Crippen MR) is 84.4 cm³/mol. The zero-order chi connectivity index (χ0) is 15.3. The molecule has 5 heteroatoms. The third-order valence-corrected chi connectivity index (χ3v) is 5.01. The topological polar surface area (TPSA) is 54.9 Å². The molecule has 0 saturated carbocycles. The minimum absolute atomic E-state index is 0.290. The van der Waals surface area contributed by atoms with Gasteiger partial charge < -0.3 is 15.2 Å². The van der Waals surface area contributed by atoms with Gasteiger partial charge >= 0.3 is 0 Å². The average Bonchev–Trinajstić information content (AvgIpc) is 3.08. The number of hydrogen-bond donors (Lipinski definition) is 2. The molecule has 22 heavy (non-hydrogen) atoms. The van der Waals surface area contributed by atoms with Crippen molar-refractivity contribution >= 4 is 16.6 Å². The maximum Gasteiger partial charge on any atom is 0.148 e. The average molecular weight is 298 g/mol. The van der Waals surface area contributed by atoms with Crippen LogP contribution in [0.15, 0.2) is 12.1 Å². The van der Waals surface area contributed by atoms with Crippen molar-refractivity contribution in [2.24, 2.45) is 5.92 Å². The van der Waals surface area contributed by atoms with Crippen molar-refractivity contribution in [1.82, 2.24) is 10.3 Å². The minimum Gasteiger partial charge on any atom is -0.367 e. The number of aromatic amines is 1. The summed E-state index contributed by atoms with van der Waals surface area (Å²) in [5, 5.41) is 13.6. The summed E-state index contributed by atoms with van der Waals surface area (Å²) in [7, 11) is 0. The van der Waals surface area contributed by atoms with Gasteiger partial charge in [0.1, 0.15) is 11.9 Å². The molecule has 2 aromatic rings. The van der Waals surface area contributed by atoms with Gasteiger partial charge in [0.25, 0.3) is 0 Å². The summed E-state index contributed by atoms with van der Waals surface area (Å²) in [6.07, 6.45) is 2.41. The summed E-state index contributed by atoms with van der Waals surface area (Å²) in [4.78, 5) is 5.35. The van der Waals surface area contributed by atoms with E-state index in [-0.39, 0.29) is 5.82 Å². The molecule has 0 aliphatic carbocycles. The van der Waals surface area contributed by atoms with Crippen molar-refractivity contribution in [1.29, 1.82) is 5.26 Å². The fourth-order valence-corrected chi connectivity index (χ4v) is 4.02. The maximum atomic E-state index is 14.7. The number of nitrogens with one attached hydrogen (secondary N) is 2. The zero-order valence-electron chi connectivity index (χ0n) is 12.6. The van der Waals surface area contributed by atoms with Gasteiger partial charge in [0, 0.05) is 30.2 Å². The second-order valence-corrected chi connectivity index (χ2v) is 6.48. The van der Waals surface area contributed by atoms with Gasteiger partial charge in [-0.2, -0.15) is 5.26 Å². The normalized spacial score (nSPS) is 24.5. The van der Waals surface area contributed by atoms with Crippen molar-refractivity contribution < 1.29 is 4.39 Å². The quantitative estimate of drug-likeness (QED) is 0.851. The summed E-state index contributed by atoms with van der Waals surface area (Å²) >= 11 is 0. The van der Waals surface area contributed by atoms with Gasteiger partial charge in [-0.15, -0.1) is 0 Å². The van der Waals surface area contributed by atoms with Crippen LogP contribution in [0, 0.1) is 30.0 Å². The molecule has 0 radical (unpaired) electrons. The third kappa shape index (κ3) is 1.98. The Labute approximate surface area is 128 Å². The Bertz CT molecular complexity index is 759. The van der Waals surface area contributed by atoms with E-state index >= 15 is 0 Å². The number of nitrogens with zero attached hydrogens (tertiary/aromatic N) is 2. The molecule has 4 nitrogen and oxygen atoms in total. The van der Waals surface area contributed by atoms with Crippen LogP contribution < -0.4 is 10.2 Å². The fraction of sp³-hybridized carbons (Fsp3) is 0.471. The van der Waals surface area contributed by atoms with Crippen LogP contribution in [0.25, 0.3) is 10.9 Å². The summed E-state index contributed by atoms with van der Waals surface area (Å²) in [5.41, 5.74) is 2.72. The molecular weight excluding hydrogens is 279 g/mol. The molecule has 4 rings (SSSR count). The molecule has 2 saturated heterocycles. The molecule has 0 amide bonds. The first-order valence-electron chi connectivity index (χ1n) is 7.87. The Morgan fingerprint density at radius 2 is 2.23 bits per heavy atom. The molecule has 3 heterocycles. The van der Waals surface area contributed by atoms with Crippen LogP contribution in [-0.2, 0) is 0 Å². The summed E-state index contributed by atoms with van der Waals surface area (Å²) < 4.78 is 14.7. The Balaban J connectivity index is 1.82. The molecule has 114 valence electrons. The van der Waals surface area contributed by atoms with E-state index in [9.17, 15) is 9.65 Å². The number of H-pyrrole nitrogens is 1. The van der Waals surface area contributed by atoms with Gasteiger partial charge in [0.2, 0.25) is 0 Å². The number of aryl methyl sites for hydroxylation is 1. The van der Waals surface area contributed by atoms with Crippen LogP contribution in [0.2, 0.25) is 0 Å². The first-order valence-corrected chi connectivity index (χ1v) is 7.87.